The molecule has 0 bridgehead atoms. The number of nitrogens with zero attached hydrogens (tertiary/aromatic N) is 2. The van der Waals surface area contributed by atoms with E-state index in [1.165, 1.54) is 94.3 Å². The normalized spacial score (nSPS) is 12.6. The van der Waals surface area contributed by atoms with E-state index in [4.69, 9.17) is 0 Å². The maximum atomic E-state index is 2.44. The zero-order chi connectivity index (χ0) is 43.5. The van der Waals surface area contributed by atoms with Crippen LogP contribution in [-0.4, -0.2) is 4.57 Å². The van der Waals surface area contributed by atoms with E-state index in [0.29, 0.717) is 0 Å². The van der Waals surface area contributed by atoms with E-state index in [2.05, 4.69) is 266 Å². The predicted octanol–water partition coefficient (Wildman–Crippen LogP) is 17.2. The first-order valence-corrected chi connectivity index (χ1v) is 22.6. The molecule has 2 nitrogen and oxygen atoms in total. The van der Waals surface area contributed by atoms with Crippen LogP contribution in [0.15, 0.2) is 243 Å². The Morgan fingerprint density at radius 3 is 1.48 bits per heavy atom. The molecule has 11 aromatic rings. The first-order chi connectivity index (χ1) is 32.0. The fraction of sp³-hybridized carbons (Fsp3) is 0.0476. The summed E-state index contributed by atoms with van der Waals surface area (Å²) < 4.78 is 2.37. The van der Waals surface area contributed by atoms with Gasteiger partial charge in [0.2, 0.25) is 0 Å². The van der Waals surface area contributed by atoms with E-state index >= 15 is 0 Å². The van der Waals surface area contributed by atoms with Gasteiger partial charge in [-0.1, -0.05) is 184 Å². The predicted molar refractivity (Wildman–Crippen MR) is 275 cm³/mol. The van der Waals surface area contributed by atoms with Crippen LogP contribution in [0.1, 0.15) is 25.0 Å². The number of rotatable bonds is 8. The van der Waals surface area contributed by atoms with Gasteiger partial charge in [-0.05, 0) is 140 Å². The average Bonchev–Trinajstić information content (AvgIpc) is 3.82. The third-order valence-electron chi connectivity index (χ3n) is 13.6. The maximum Gasteiger partial charge on any atom is 0.0541 e. The van der Waals surface area contributed by atoms with Crippen molar-refractivity contribution >= 4 is 38.9 Å². The molecule has 0 unspecified atom stereocenters. The summed E-state index contributed by atoms with van der Waals surface area (Å²) >= 11 is 0. The topological polar surface area (TPSA) is 8.17 Å². The molecule has 0 fully saturated rings. The van der Waals surface area contributed by atoms with Crippen LogP contribution in [0.5, 0.6) is 0 Å². The molecular formula is C63H46N2. The molecule has 0 saturated carbocycles. The number of anilines is 3. The molecule has 12 rings (SSSR count). The number of benzene rings is 10. The Kier molecular flexibility index (Phi) is 9.21. The highest BCUT2D eigenvalue weighted by molar-refractivity contribution is 6.10. The van der Waals surface area contributed by atoms with Crippen LogP contribution >= 0.6 is 0 Å². The van der Waals surface area contributed by atoms with Crippen molar-refractivity contribution in [3.63, 3.8) is 0 Å². The molecule has 0 spiro atoms. The van der Waals surface area contributed by atoms with Crippen LogP contribution in [0.25, 0.3) is 83.1 Å². The van der Waals surface area contributed by atoms with Crippen molar-refractivity contribution in [1.82, 2.24) is 4.57 Å². The van der Waals surface area contributed by atoms with Crippen LogP contribution in [0, 0.1) is 0 Å². The zero-order valence-corrected chi connectivity index (χ0v) is 36.5. The molecule has 0 aliphatic heterocycles. The molecule has 0 saturated heterocycles. The summed E-state index contributed by atoms with van der Waals surface area (Å²) in [6, 6.07) is 88.8. The van der Waals surface area contributed by atoms with E-state index in [1.807, 2.05) is 0 Å². The molecule has 1 aromatic heterocycles. The van der Waals surface area contributed by atoms with Crippen LogP contribution in [-0.2, 0) is 5.41 Å². The Morgan fingerprint density at radius 1 is 0.308 bits per heavy atom. The fourth-order valence-electron chi connectivity index (χ4n) is 10.3. The first kappa shape index (κ1) is 38.5. The second-order valence-corrected chi connectivity index (χ2v) is 17.8. The highest BCUT2D eigenvalue weighted by atomic mass is 15.1. The second-order valence-electron chi connectivity index (χ2n) is 17.8. The second kappa shape index (κ2) is 15.6. The summed E-state index contributed by atoms with van der Waals surface area (Å²) in [5, 5.41) is 2.52. The van der Waals surface area contributed by atoms with Crippen molar-refractivity contribution in [2.45, 2.75) is 19.3 Å². The third kappa shape index (κ3) is 6.65. The minimum atomic E-state index is -0.127. The van der Waals surface area contributed by atoms with Gasteiger partial charge in [0.25, 0.3) is 0 Å². The van der Waals surface area contributed by atoms with E-state index < -0.39 is 0 Å². The molecule has 0 N–H and O–H groups in total. The standard InChI is InChI=1S/C63H46N2/c1-63(2)59-24-14-12-22-55(59)56-36-35-53(42-60(56)63)64(54-39-49(43-16-6-3-7-17-43)38-50(40-54)44-18-8-4-9-19-44)52-33-30-46(31-34-52)45-26-28-47(29-27-45)48-32-37-62-58(41-48)57-23-13-15-25-61(57)65(62)51-20-10-5-11-21-51/h3-42H,1-2H3. The van der Waals surface area contributed by atoms with Gasteiger partial charge >= 0.3 is 0 Å². The number of hydrogen-bond donors (Lipinski definition) is 0. The Balaban J connectivity index is 0.935. The van der Waals surface area contributed by atoms with Crippen molar-refractivity contribution < 1.29 is 0 Å². The lowest BCUT2D eigenvalue weighted by Crippen LogP contribution is -2.16. The molecule has 0 radical (unpaired) electrons. The van der Waals surface area contributed by atoms with Gasteiger partial charge in [0, 0.05) is 38.9 Å². The minimum Gasteiger partial charge on any atom is -0.310 e. The first-order valence-electron chi connectivity index (χ1n) is 22.6. The zero-order valence-electron chi connectivity index (χ0n) is 36.5. The molecule has 1 aliphatic carbocycles. The molecule has 308 valence electrons. The lowest BCUT2D eigenvalue weighted by Gasteiger charge is -2.29. The highest BCUT2D eigenvalue weighted by Gasteiger charge is 2.35. The van der Waals surface area contributed by atoms with E-state index in [1.54, 1.807) is 0 Å². The van der Waals surface area contributed by atoms with Crippen LogP contribution in [0.2, 0.25) is 0 Å². The lowest BCUT2D eigenvalue weighted by molar-refractivity contribution is 0.660. The highest BCUT2D eigenvalue weighted by Crippen LogP contribution is 2.51. The number of aromatic nitrogens is 1. The molecule has 65 heavy (non-hydrogen) atoms. The Morgan fingerprint density at radius 2 is 0.800 bits per heavy atom. The fourth-order valence-corrected chi connectivity index (χ4v) is 10.3. The van der Waals surface area contributed by atoms with Crippen molar-refractivity contribution in [3.8, 4) is 61.3 Å². The lowest BCUT2D eigenvalue weighted by atomic mass is 9.82. The average molecular weight is 831 g/mol. The summed E-state index contributed by atoms with van der Waals surface area (Å²) in [6.45, 7) is 4.72. The summed E-state index contributed by atoms with van der Waals surface area (Å²) in [6.07, 6.45) is 0. The SMILES string of the molecule is CC1(C)c2ccccc2-c2ccc(N(c3ccc(-c4ccc(-c5ccc6c(c5)c5ccccc5n6-c5ccccc5)cc4)cc3)c3cc(-c4ccccc4)cc(-c4ccccc4)c3)cc21. The summed E-state index contributed by atoms with van der Waals surface area (Å²) in [5.41, 5.74) is 21.7. The van der Waals surface area contributed by atoms with Gasteiger partial charge in [-0.2, -0.15) is 0 Å². The monoisotopic (exact) mass is 830 g/mol. The largest absolute Gasteiger partial charge is 0.310 e. The van der Waals surface area contributed by atoms with Crippen molar-refractivity contribution in [1.29, 1.82) is 0 Å². The Labute approximate surface area is 381 Å². The van der Waals surface area contributed by atoms with Gasteiger partial charge in [-0.25, -0.2) is 0 Å². The molecule has 0 atom stereocenters. The molecule has 10 aromatic carbocycles. The maximum absolute atomic E-state index is 2.44. The van der Waals surface area contributed by atoms with Crippen molar-refractivity contribution in [2.24, 2.45) is 0 Å². The summed E-state index contributed by atoms with van der Waals surface area (Å²) in [7, 11) is 0. The van der Waals surface area contributed by atoms with Crippen molar-refractivity contribution in [3.05, 3.63) is 254 Å². The van der Waals surface area contributed by atoms with Gasteiger partial charge in [0.05, 0.1) is 11.0 Å². The molecule has 2 heteroatoms. The van der Waals surface area contributed by atoms with E-state index in [-0.39, 0.29) is 5.41 Å². The van der Waals surface area contributed by atoms with Crippen LogP contribution < -0.4 is 4.90 Å². The minimum absolute atomic E-state index is 0.127. The van der Waals surface area contributed by atoms with E-state index in [9.17, 15) is 0 Å². The number of para-hydroxylation sites is 2. The molecular weight excluding hydrogens is 785 g/mol. The summed E-state index contributed by atoms with van der Waals surface area (Å²) in [5.74, 6) is 0. The quantitative estimate of drug-likeness (QED) is 0.148. The molecule has 1 aliphatic rings. The van der Waals surface area contributed by atoms with Gasteiger partial charge in [-0.3, -0.25) is 0 Å². The van der Waals surface area contributed by atoms with E-state index in [0.717, 1.165) is 17.1 Å². The van der Waals surface area contributed by atoms with Gasteiger partial charge in [-0.15, -0.1) is 0 Å². The van der Waals surface area contributed by atoms with Gasteiger partial charge in [0.15, 0.2) is 0 Å². The smallest absolute Gasteiger partial charge is 0.0541 e. The van der Waals surface area contributed by atoms with Crippen LogP contribution in [0.4, 0.5) is 17.1 Å². The summed E-state index contributed by atoms with van der Waals surface area (Å²) in [4.78, 5) is 2.44. The Hall–Kier alpha value is -8.20. The van der Waals surface area contributed by atoms with Crippen LogP contribution in [0.3, 0.4) is 0 Å². The molecule has 0 amide bonds. The molecule has 1 heterocycles. The number of hydrogen-bond acceptors (Lipinski definition) is 1. The third-order valence-corrected chi connectivity index (χ3v) is 13.6. The van der Waals surface area contributed by atoms with Gasteiger partial charge in [0.1, 0.15) is 0 Å². The number of fused-ring (bicyclic) bond motifs is 6. The van der Waals surface area contributed by atoms with Crippen molar-refractivity contribution in [2.75, 3.05) is 4.90 Å². The Bertz CT molecular complexity index is 3470. The van der Waals surface area contributed by atoms with Gasteiger partial charge < -0.3 is 9.47 Å².